The van der Waals surface area contributed by atoms with Gasteiger partial charge < -0.3 is 4.52 Å². The van der Waals surface area contributed by atoms with Crippen molar-refractivity contribution >= 4 is 17.5 Å². The fourth-order valence-electron chi connectivity index (χ4n) is 1.48. The fourth-order valence-corrected chi connectivity index (χ4v) is 2.61. The van der Waals surface area contributed by atoms with Crippen molar-refractivity contribution in [2.45, 2.75) is 25.7 Å². The molecule has 1 saturated heterocycles. The Morgan fingerprint density at radius 2 is 2.50 bits per heavy atom. The van der Waals surface area contributed by atoms with E-state index in [1.807, 2.05) is 11.8 Å². The quantitative estimate of drug-likeness (QED) is 0.700. The molecule has 5 heteroatoms. The number of nitrogens with zero attached hydrogens (tertiary/aromatic N) is 2. The smallest absolute Gasteiger partial charge is 0.238 e. The molecule has 0 spiro atoms. The largest absolute Gasteiger partial charge is 0.339 e. The minimum absolute atomic E-state index is 0.136. The molecule has 0 bridgehead atoms. The maximum atomic E-state index is 11.0. The summed E-state index contributed by atoms with van der Waals surface area (Å²) >= 11 is 1.90. The lowest BCUT2D eigenvalue weighted by molar-refractivity contribution is 0.100. The lowest BCUT2D eigenvalue weighted by Crippen LogP contribution is -2.09. The highest BCUT2D eigenvalue weighted by Gasteiger charge is 2.22. The molecule has 2 heterocycles. The third-order valence-corrected chi connectivity index (χ3v) is 3.48. The van der Waals surface area contributed by atoms with Crippen molar-refractivity contribution in [1.82, 2.24) is 10.1 Å². The van der Waals surface area contributed by atoms with E-state index >= 15 is 0 Å². The topological polar surface area (TPSA) is 56.0 Å². The third kappa shape index (κ3) is 1.97. The second kappa shape index (κ2) is 4.13. The molecule has 76 valence electrons. The van der Waals surface area contributed by atoms with Gasteiger partial charge in [-0.05, 0) is 18.6 Å². The number of carbonyl (C=O) groups is 1. The number of rotatable bonds is 2. The summed E-state index contributed by atoms with van der Waals surface area (Å²) in [4.78, 5) is 15.0. The van der Waals surface area contributed by atoms with E-state index in [0.717, 1.165) is 12.2 Å². The van der Waals surface area contributed by atoms with Crippen molar-refractivity contribution < 1.29 is 9.32 Å². The Balaban J connectivity index is 2.11. The molecule has 2 rings (SSSR count). The lowest BCUT2D eigenvalue weighted by atomic mass is 10.1. The standard InChI is InChI=1S/C9H12N2O2S/c1-6(12)8-10-9(13-11-8)7-3-2-4-14-5-7/h7H,2-5H2,1H3. The van der Waals surface area contributed by atoms with Crippen LogP contribution >= 0.6 is 11.8 Å². The van der Waals surface area contributed by atoms with Crippen LogP contribution in [0.15, 0.2) is 4.52 Å². The summed E-state index contributed by atoms with van der Waals surface area (Å²) in [7, 11) is 0. The van der Waals surface area contributed by atoms with E-state index in [0.29, 0.717) is 11.8 Å². The Morgan fingerprint density at radius 3 is 3.07 bits per heavy atom. The molecule has 0 aromatic carbocycles. The molecule has 0 amide bonds. The van der Waals surface area contributed by atoms with Crippen molar-refractivity contribution in [2.75, 3.05) is 11.5 Å². The molecular weight excluding hydrogens is 200 g/mol. The van der Waals surface area contributed by atoms with Crippen LogP contribution in [0.1, 0.15) is 42.2 Å². The maximum Gasteiger partial charge on any atom is 0.238 e. The van der Waals surface area contributed by atoms with Crippen molar-refractivity contribution in [2.24, 2.45) is 0 Å². The van der Waals surface area contributed by atoms with E-state index in [-0.39, 0.29) is 11.6 Å². The molecular formula is C9H12N2O2S. The predicted molar refractivity (Wildman–Crippen MR) is 53.6 cm³/mol. The van der Waals surface area contributed by atoms with Gasteiger partial charge in [0, 0.05) is 18.6 Å². The fraction of sp³-hybridized carbons (Fsp3) is 0.667. The number of thioether (sulfide) groups is 1. The molecule has 14 heavy (non-hydrogen) atoms. The number of Topliss-reactive ketones (excluding diaryl/α,β-unsaturated/α-hetero) is 1. The Hall–Kier alpha value is -0.840. The van der Waals surface area contributed by atoms with E-state index in [1.165, 1.54) is 19.1 Å². The first-order valence-electron chi connectivity index (χ1n) is 4.69. The van der Waals surface area contributed by atoms with E-state index in [4.69, 9.17) is 4.52 Å². The van der Waals surface area contributed by atoms with E-state index in [9.17, 15) is 4.79 Å². The molecule has 1 aliphatic rings. The highest BCUT2D eigenvalue weighted by atomic mass is 32.2. The van der Waals surface area contributed by atoms with Crippen LogP contribution in [-0.4, -0.2) is 27.4 Å². The number of ketones is 1. The average Bonchev–Trinajstić information content (AvgIpc) is 2.68. The average molecular weight is 212 g/mol. The highest BCUT2D eigenvalue weighted by Crippen LogP contribution is 2.29. The second-order valence-corrected chi connectivity index (χ2v) is 4.58. The molecule has 0 radical (unpaired) electrons. The van der Waals surface area contributed by atoms with E-state index < -0.39 is 0 Å². The molecule has 1 aromatic heterocycles. The zero-order chi connectivity index (χ0) is 9.97. The van der Waals surface area contributed by atoms with Crippen molar-refractivity contribution in [3.8, 4) is 0 Å². The first kappa shape index (κ1) is 9.71. The molecule has 1 fully saturated rings. The molecule has 1 aromatic rings. The summed E-state index contributed by atoms with van der Waals surface area (Å²) in [6.07, 6.45) is 2.28. The lowest BCUT2D eigenvalue weighted by Gasteiger charge is -2.16. The molecule has 0 saturated carbocycles. The van der Waals surface area contributed by atoms with Crippen molar-refractivity contribution in [3.63, 3.8) is 0 Å². The highest BCUT2D eigenvalue weighted by molar-refractivity contribution is 7.99. The first-order valence-corrected chi connectivity index (χ1v) is 5.85. The summed E-state index contributed by atoms with van der Waals surface area (Å²) in [5.74, 6) is 3.28. The number of carbonyl (C=O) groups excluding carboxylic acids is 1. The van der Waals surface area contributed by atoms with Crippen molar-refractivity contribution in [1.29, 1.82) is 0 Å². The molecule has 1 atom stereocenters. The number of hydrogen-bond donors (Lipinski definition) is 0. The predicted octanol–water partition coefficient (Wildman–Crippen LogP) is 1.88. The summed E-state index contributed by atoms with van der Waals surface area (Å²) in [6.45, 7) is 1.45. The second-order valence-electron chi connectivity index (χ2n) is 3.43. The van der Waals surface area contributed by atoms with Gasteiger partial charge in [-0.25, -0.2) is 0 Å². The zero-order valence-electron chi connectivity index (χ0n) is 8.02. The molecule has 1 aliphatic heterocycles. The Bertz CT molecular complexity index is 331. The summed E-state index contributed by atoms with van der Waals surface area (Å²) in [6, 6.07) is 0. The van der Waals surface area contributed by atoms with Crippen LogP contribution < -0.4 is 0 Å². The summed E-state index contributed by atoms with van der Waals surface area (Å²) in [5.41, 5.74) is 0. The van der Waals surface area contributed by atoms with Gasteiger partial charge >= 0.3 is 0 Å². The van der Waals surface area contributed by atoms with Gasteiger partial charge in [0.2, 0.25) is 17.5 Å². The first-order chi connectivity index (χ1) is 6.77. The van der Waals surface area contributed by atoms with Crippen LogP contribution in [-0.2, 0) is 0 Å². The van der Waals surface area contributed by atoms with Crippen molar-refractivity contribution in [3.05, 3.63) is 11.7 Å². The Morgan fingerprint density at radius 1 is 1.64 bits per heavy atom. The normalized spacial score (nSPS) is 22.2. The van der Waals surface area contributed by atoms with E-state index in [1.54, 1.807) is 0 Å². The van der Waals surface area contributed by atoms with Crippen LogP contribution in [0, 0.1) is 0 Å². The van der Waals surface area contributed by atoms with Crippen LogP contribution in [0.4, 0.5) is 0 Å². The van der Waals surface area contributed by atoms with Gasteiger partial charge in [0.1, 0.15) is 0 Å². The summed E-state index contributed by atoms with van der Waals surface area (Å²) < 4.78 is 5.07. The van der Waals surface area contributed by atoms with Crippen LogP contribution in [0.2, 0.25) is 0 Å². The van der Waals surface area contributed by atoms with Gasteiger partial charge in [-0.15, -0.1) is 0 Å². The van der Waals surface area contributed by atoms with Gasteiger partial charge in [-0.1, -0.05) is 5.16 Å². The molecule has 1 unspecified atom stereocenters. The number of hydrogen-bond acceptors (Lipinski definition) is 5. The van der Waals surface area contributed by atoms with Gasteiger partial charge in [0.05, 0.1) is 0 Å². The zero-order valence-corrected chi connectivity index (χ0v) is 8.84. The maximum absolute atomic E-state index is 11.0. The Labute approximate surface area is 86.4 Å². The molecule has 0 N–H and O–H groups in total. The monoisotopic (exact) mass is 212 g/mol. The minimum Gasteiger partial charge on any atom is -0.339 e. The van der Waals surface area contributed by atoms with Crippen LogP contribution in [0.5, 0.6) is 0 Å². The van der Waals surface area contributed by atoms with Gasteiger partial charge in [-0.3, -0.25) is 4.79 Å². The van der Waals surface area contributed by atoms with Crippen LogP contribution in [0.3, 0.4) is 0 Å². The molecule has 4 nitrogen and oxygen atoms in total. The van der Waals surface area contributed by atoms with Gasteiger partial charge in [0.25, 0.3) is 0 Å². The number of aromatic nitrogens is 2. The minimum atomic E-state index is -0.136. The van der Waals surface area contributed by atoms with Gasteiger partial charge in [-0.2, -0.15) is 16.7 Å². The SMILES string of the molecule is CC(=O)c1noc(C2CCCSC2)n1. The van der Waals surface area contributed by atoms with Crippen LogP contribution in [0.25, 0.3) is 0 Å². The summed E-state index contributed by atoms with van der Waals surface area (Å²) in [5, 5.41) is 3.65. The third-order valence-electron chi connectivity index (χ3n) is 2.27. The van der Waals surface area contributed by atoms with Gasteiger partial charge in [0.15, 0.2) is 0 Å². The Kier molecular flexibility index (Phi) is 2.86. The van der Waals surface area contributed by atoms with E-state index in [2.05, 4.69) is 10.1 Å². The molecule has 0 aliphatic carbocycles.